The van der Waals surface area contributed by atoms with Gasteiger partial charge in [0, 0.05) is 36.5 Å². The molecule has 1 aromatic heterocycles. The van der Waals surface area contributed by atoms with Crippen LogP contribution in [0.3, 0.4) is 0 Å². The predicted octanol–water partition coefficient (Wildman–Crippen LogP) is 6.15. The normalized spacial score (nSPS) is 12.3. The van der Waals surface area contributed by atoms with Gasteiger partial charge in [-0.2, -0.15) is 0 Å². The van der Waals surface area contributed by atoms with E-state index in [2.05, 4.69) is 41.5 Å². The standard InChI is InChI=1S/C23H16O6.C11H10BrN5/c24-20-16(14-7-3-1-5-12(14)9-18(20)22(26)27)11-17-15-8-4-2-6-13(15)10-19(21(17)25)23(28)29;12-9-7(17-11-15-5-6-16-11)1-2-8-10(9)14-4-3-13-8/h1-10,24-25H,11H2,(H,26,27)(H,28,29);1-4H,5-6H2,(H2,15,16,17). The van der Waals surface area contributed by atoms with E-state index in [0.717, 1.165) is 40.2 Å². The van der Waals surface area contributed by atoms with Gasteiger partial charge in [-0.25, -0.2) is 9.59 Å². The summed E-state index contributed by atoms with van der Waals surface area (Å²) in [6, 6.07) is 20.7. The van der Waals surface area contributed by atoms with Crippen molar-refractivity contribution in [1.29, 1.82) is 0 Å². The van der Waals surface area contributed by atoms with Crippen LogP contribution >= 0.6 is 15.9 Å². The molecule has 0 saturated heterocycles. The van der Waals surface area contributed by atoms with Crippen LogP contribution in [0.5, 0.6) is 11.5 Å². The van der Waals surface area contributed by atoms with Crippen molar-refractivity contribution < 1.29 is 30.0 Å². The van der Waals surface area contributed by atoms with Crippen LogP contribution in [0.2, 0.25) is 0 Å². The number of benzene rings is 5. The quantitative estimate of drug-likeness (QED) is 0.124. The van der Waals surface area contributed by atoms with Crippen molar-refractivity contribution in [3.8, 4) is 11.5 Å². The highest BCUT2D eigenvalue weighted by Gasteiger charge is 2.22. The Bertz CT molecular complexity index is 2100. The molecule has 0 spiro atoms. The first-order chi connectivity index (χ1) is 22.2. The molecule has 0 fully saturated rings. The number of aromatic carboxylic acids is 2. The van der Waals surface area contributed by atoms with Crippen LogP contribution in [0.15, 0.2) is 94.7 Å². The third-order valence-corrected chi connectivity index (χ3v) is 8.38. The lowest BCUT2D eigenvalue weighted by atomic mass is 9.90. The van der Waals surface area contributed by atoms with Crippen LogP contribution in [-0.4, -0.2) is 61.4 Å². The molecule has 0 bridgehead atoms. The molecule has 2 heterocycles. The minimum Gasteiger partial charge on any atom is -0.507 e. The van der Waals surface area contributed by atoms with Gasteiger partial charge >= 0.3 is 11.9 Å². The van der Waals surface area contributed by atoms with Gasteiger partial charge in [0.15, 0.2) is 5.96 Å². The van der Waals surface area contributed by atoms with Crippen LogP contribution in [0, 0.1) is 0 Å². The van der Waals surface area contributed by atoms with Gasteiger partial charge in [-0.1, -0.05) is 48.5 Å². The molecule has 0 saturated carbocycles. The number of carboxylic acid groups (broad SMARTS) is 2. The third kappa shape index (κ3) is 5.85. The summed E-state index contributed by atoms with van der Waals surface area (Å²) in [5.41, 5.74) is 2.76. The van der Waals surface area contributed by atoms with Crippen molar-refractivity contribution in [2.45, 2.75) is 6.42 Å². The molecule has 0 unspecified atom stereocenters. The fourth-order valence-corrected chi connectivity index (χ4v) is 5.93. The van der Waals surface area contributed by atoms with Crippen LogP contribution in [0.4, 0.5) is 5.69 Å². The van der Waals surface area contributed by atoms with Gasteiger partial charge in [-0.05, 0) is 61.7 Å². The Morgan fingerprint density at radius 3 is 1.91 bits per heavy atom. The summed E-state index contributed by atoms with van der Waals surface area (Å²) in [4.78, 5) is 36.1. The van der Waals surface area contributed by atoms with E-state index in [1.807, 2.05) is 12.1 Å². The average Bonchev–Trinajstić information content (AvgIpc) is 3.58. The minimum atomic E-state index is -1.28. The number of phenols is 2. The van der Waals surface area contributed by atoms with Gasteiger partial charge in [-0.3, -0.25) is 15.0 Å². The second kappa shape index (κ2) is 12.7. The van der Waals surface area contributed by atoms with Crippen molar-refractivity contribution in [3.05, 3.63) is 112 Å². The van der Waals surface area contributed by atoms with E-state index in [4.69, 9.17) is 0 Å². The molecule has 0 atom stereocenters. The molecule has 0 amide bonds. The fourth-order valence-electron chi connectivity index (χ4n) is 5.39. The SMILES string of the molecule is Brc1c(NC2=NCCN2)ccc2nccnc12.O=C(O)c1cc2ccccc2c(Cc2c(O)c(C(=O)O)cc3ccccc23)c1O. The summed E-state index contributed by atoms with van der Waals surface area (Å²) in [6.07, 6.45) is 3.33. The molecule has 12 heteroatoms. The Morgan fingerprint density at radius 2 is 1.37 bits per heavy atom. The van der Waals surface area contributed by atoms with E-state index in [-0.39, 0.29) is 17.5 Å². The van der Waals surface area contributed by atoms with E-state index in [9.17, 15) is 30.0 Å². The van der Waals surface area contributed by atoms with E-state index in [1.54, 1.807) is 60.9 Å². The third-order valence-electron chi connectivity index (χ3n) is 7.57. The number of carbonyl (C=O) groups is 2. The number of halogens is 1. The topological polar surface area (TPSA) is 177 Å². The van der Waals surface area contributed by atoms with Crippen molar-refractivity contribution in [2.75, 3.05) is 18.4 Å². The largest absolute Gasteiger partial charge is 0.507 e. The number of fused-ring (bicyclic) bond motifs is 3. The van der Waals surface area contributed by atoms with Gasteiger partial charge in [0.1, 0.15) is 28.1 Å². The Hall–Kier alpha value is -5.75. The first-order valence-corrected chi connectivity index (χ1v) is 14.9. The second-order valence-corrected chi connectivity index (χ2v) is 11.2. The number of rotatable bonds is 5. The van der Waals surface area contributed by atoms with Gasteiger partial charge in [0.05, 0.1) is 22.2 Å². The van der Waals surface area contributed by atoms with Gasteiger partial charge in [0.25, 0.3) is 0 Å². The van der Waals surface area contributed by atoms with E-state index < -0.39 is 23.4 Å². The molecule has 230 valence electrons. The molecule has 0 aliphatic carbocycles. The van der Waals surface area contributed by atoms with Crippen molar-refractivity contribution in [1.82, 2.24) is 15.3 Å². The highest BCUT2D eigenvalue weighted by molar-refractivity contribution is 9.10. The molecule has 46 heavy (non-hydrogen) atoms. The molecule has 7 rings (SSSR count). The summed E-state index contributed by atoms with van der Waals surface area (Å²) in [5.74, 6) is -2.56. The highest BCUT2D eigenvalue weighted by atomic mass is 79.9. The van der Waals surface area contributed by atoms with E-state index in [0.29, 0.717) is 32.7 Å². The predicted molar refractivity (Wildman–Crippen MR) is 179 cm³/mol. The van der Waals surface area contributed by atoms with Crippen LogP contribution in [0.25, 0.3) is 32.6 Å². The molecule has 6 N–H and O–H groups in total. The summed E-state index contributed by atoms with van der Waals surface area (Å²) >= 11 is 3.54. The molecule has 1 aliphatic heterocycles. The minimum absolute atomic E-state index is 0.0407. The van der Waals surface area contributed by atoms with E-state index in [1.165, 1.54) is 12.1 Å². The van der Waals surface area contributed by atoms with Crippen LogP contribution in [-0.2, 0) is 6.42 Å². The van der Waals surface area contributed by atoms with Gasteiger partial charge < -0.3 is 31.1 Å². The first-order valence-electron chi connectivity index (χ1n) is 14.1. The Balaban J connectivity index is 0.000000185. The number of anilines is 1. The monoisotopic (exact) mass is 679 g/mol. The number of hydrogen-bond donors (Lipinski definition) is 6. The number of guanidine groups is 1. The summed E-state index contributed by atoms with van der Waals surface area (Å²) in [5, 5.41) is 49.2. The zero-order chi connectivity index (χ0) is 32.4. The zero-order valence-corrected chi connectivity index (χ0v) is 25.6. The molecular weight excluding hydrogens is 654 g/mol. The zero-order valence-electron chi connectivity index (χ0n) is 24.0. The number of carboxylic acids is 2. The smallest absolute Gasteiger partial charge is 0.339 e. The molecular formula is C34H26BrN5O6. The molecule has 5 aromatic carbocycles. The molecule has 6 aromatic rings. The fraction of sp³-hybridized carbons (Fsp3) is 0.0882. The Morgan fingerprint density at radius 1 is 0.804 bits per heavy atom. The van der Waals surface area contributed by atoms with Crippen LogP contribution in [0.1, 0.15) is 31.8 Å². The van der Waals surface area contributed by atoms with Gasteiger partial charge in [-0.15, -0.1) is 0 Å². The Kier molecular flexibility index (Phi) is 8.36. The number of nitrogens with zero attached hydrogens (tertiary/aromatic N) is 3. The van der Waals surface area contributed by atoms with Crippen molar-refractivity contribution in [2.24, 2.45) is 4.99 Å². The maximum Gasteiger partial charge on any atom is 0.339 e. The maximum absolute atomic E-state index is 11.6. The number of aliphatic imine (C=N–C) groups is 1. The average molecular weight is 681 g/mol. The van der Waals surface area contributed by atoms with Crippen LogP contribution < -0.4 is 10.6 Å². The summed E-state index contributed by atoms with van der Waals surface area (Å²) in [7, 11) is 0. The lowest BCUT2D eigenvalue weighted by Gasteiger charge is -2.16. The van der Waals surface area contributed by atoms with Gasteiger partial charge in [0.2, 0.25) is 0 Å². The summed E-state index contributed by atoms with van der Waals surface area (Å²) in [6.45, 7) is 1.70. The second-order valence-electron chi connectivity index (χ2n) is 10.4. The lowest BCUT2D eigenvalue weighted by Crippen LogP contribution is -2.26. The Labute approximate surface area is 270 Å². The summed E-state index contributed by atoms with van der Waals surface area (Å²) < 4.78 is 0.902. The molecule has 11 nitrogen and oxygen atoms in total. The number of hydrogen-bond acceptors (Lipinski definition) is 9. The van der Waals surface area contributed by atoms with Crippen molar-refractivity contribution >= 4 is 72.1 Å². The lowest BCUT2D eigenvalue weighted by molar-refractivity contribution is 0.0682. The number of nitrogens with one attached hydrogen (secondary N) is 2. The number of aromatic nitrogens is 2. The van der Waals surface area contributed by atoms with E-state index >= 15 is 0 Å². The molecule has 0 radical (unpaired) electrons. The first kappa shape index (κ1) is 30.3. The maximum atomic E-state index is 11.6. The number of aromatic hydroxyl groups is 2. The highest BCUT2D eigenvalue weighted by Crippen LogP contribution is 2.39. The van der Waals surface area contributed by atoms with Crippen molar-refractivity contribution in [3.63, 3.8) is 0 Å². The molecule has 1 aliphatic rings.